The second-order valence-electron chi connectivity index (χ2n) is 6.52. The second kappa shape index (κ2) is 7.38. The van der Waals surface area contributed by atoms with E-state index in [4.69, 9.17) is 0 Å². The molecule has 3 aromatic heterocycles. The number of aromatic nitrogens is 3. The van der Waals surface area contributed by atoms with Gasteiger partial charge in [-0.3, -0.25) is 9.20 Å². The summed E-state index contributed by atoms with van der Waals surface area (Å²) in [6, 6.07) is 14.4. The van der Waals surface area contributed by atoms with Gasteiger partial charge in [-0.15, -0.1) is 11.3 Å². The maximum Gasteiger partial charge on any atom is 0.226 e. The van der Waals surface area contributed by atoms with E-state index < -0.39 is 0 Å². The van der Waals surface area contributed by atoms with Crippen LogP contribution >= 0.6 is 22.7 Å². The third kappa shape index (κ3) is 3.52. The predicted octanol–water partition coefficient (Wildman–Crippen LogP) is 5.38. The molecule has 0 aliphatic rings. The molecule has 0 spiro atoms. The minimum Gasteiger partial charge on any atom is -0.302 e. The smallest absolute Gasteiger partial charge is 0.226 e. The Morgan fingerprint density at radius 3 is 2.79 bits per heavy atom. The maximum absolute atomic E-state index is 14.0. The fraction of sp³-hybridized carbons (Fsp3) is 0.0952. The first kappa shape index (κ1) is 18.0. The van der Waals surface area contributed by atoms with Crippen molar-refractivity contribution in [2.75, 3.05) is 5.32 Å². The van der Waals surface area contributed by atoms with Gasteiger partial charge in [0.1, 0.15) is 5.82 Å². The van der Waals surface area contributed by atoms with E-state index in [0.717, 1.165) is 20.9 Å². The number of hydrogen-bond donors (Lipinski definition) is 1. The van der Waals surface area contributed by atoms with E-state index in [9.17, 15) is 9.18 Å². The Kier molecular flexibility index (Phi) is 4.57. The molecule has 1 N–H and O–H groups in total. The van der Waals surface area contributed by atoms with E-state index in [1.807, 2.05) is 40.2 Å². The number of para-hydroxylation sites is 1. The van der Waals surface area contributed by atoms with Gasteiger partial charge in [-0.1, -0.05) is 35.6 Å². The highest BCUT2D eigenvalue weighted by Crippen LogP contribution is 2.27. The molecule has 2 aromatic carbocycles. The lowest BCUT2D eigenvalue weighted by molar-refractivity contribution is -0.116. The Balaban J connectivity index is 1.30. The van der Waals surface area contributed by atoms with Crippen LogP contribution in [0.3, 0.4) is 0 Å². The van der Waals surface area contributed by atoms with Crippen molar-refractivity contribution in [1.29, 1.82) is 0 Å². The largest absolute Gasteiger partial charge is 0.302 e. The summed E-state index contributed by atoms with van der Waals surface area (Å²) < 4.78 is 17.0. The summed E-state index contributed by atoms with van der Waals surface area (Å²) in [4.78, 5) is 22.1. The molecule has 29 heavy (non-hydrogen) atoms. The topological polar surface area (TPSA) is 59.3 Å². The van der Waals surface area contributed by atoms with Crippen molar-refractivity contribution >= 4 is 48.9 Å². The standard InChI is InChI=1S/C21H15FN4OS2/c22-15-6-2-1-5-14(15)17-11-26-13(12-28-21(26)24-17)9-10-19(27)25-20-23-16-7-3-4-8-18(16)29-20/h1-8,11-12H,9-10H2,(H,23,25,27). The van der Waals surface area contributed by atoms with Crippen molar-refractivity contribution in [1.82, 2.24) is 14.4 Å². The van der Waals surface area contributed by atoms with Crippen molar-refractivity contribution in [2.45, 2.75) is 12.8 Å². The van der Waals surface area contributed by atoms with Gasteiger partial charge >= 0.3 is 0 Å². The van der Waals surface area contributed by atoms with E-state index in [2.05, 4.69) is 15.3 Å². The normalized spacial score (nSPS) is 11.3. The number of aryl methyl sites for hydroxylation is 1. The number of nitrogens with one attached hydrogen (secondary N) is 1. The fourth-order valence-electron chi connectivity index (χ4n) is 3.16. The van der Waals surface area contributed by atoms with Crippen LogP contribution < -0.4 is 5.32 Å². The van der Waals surface area contributed by atoms with Crippen LogP contribution in [0.15, 0.2) is 60.1 Å². The van der Waals surface area contributed by atoms with Gasteiger partial charge in [-0.2, -0.15) is 0 Å². The van der Waals surface area contributed by atoms with Gasteiger partial charge in [0.25, 0.3) is 0 Å². The van der Waals surface area contributed by atoms with Crippen LogP contribution in [0.4, 0.5) is 9.52 Å². The van der Waals surface area contributed by atoms with Crippen LogP contribution in [0.25, 0.3) is 26.4 Å². The van der Waals surface area contributed by atoms with Gasteiger partial charge in [-0.05, 0) is 30.7 Å². The summed E-state index contributed by atoms with van der Waals surface area (Å²) in [7, 11) is 0. The summed E-state index contributed by atoms with van der Waals surface area (Å²) in [6.45, 7) is 0. The molecule has 8 heteroatoms. The monoisotopic (exact) mass is 422 g/mol. The molecule has 0 fully saturated rings. The minimum atomic E-state index is -0.296. The zero-order valence-electron chi connectivity index (χ0n) is 15.1. The van der Waals surface area contributed by atoms with Gasteiger partial charge in [0.15, 0.2) is 10.1 Å². The molecule has 0 aliphatic heterocycles. The SMILES string of the molecule is O=C(CCc1csc2nc(-c3ccccc3F)cn12)Nc1nc2ccccc2s1. The highest BCUT2D eigenvalue weighted by atomic mass is 32.1. The highest BCUT2D eigenvalue weighted by Gasteiger charge is 2.14. The van der Waals surface area contributed by atoms with E-state index in [-0.39, 0.29) is 11.7 Å². The first-order chi connectivity index (χ1) is 14.2. The molecule has 5 nitrogen and oxygen atoms in total. The van der Waals surface area contributed by atoms with Crippen LogP contribution in [-0.2, 0) is 11.2 Å². The Hall–Kier alpha value is -3.10. The lowest BCUT2D eigenvalue weighted by Gasteiger charge is -2.01. The number of amides is 1. The molecule has 5 rings (SSSR count). The number of thiazole rings is 2. The summed E-state index contributed by atoms with van der Waals surface area (Å²) in [5.41, 5.74) is 2.92. The van der Waals surface area contributed by atoms with Crippen molar-refractivity contribution in [3.8, 4) is 11.3 Å². The Morgan fingerprint density at radius 2 is 1.93 bits per heavy atom. The quantitative estimate of drug-likeness (QED) is 0.413. The summed E-state index contributed by atoms with van der Waals surface area (Å²) in [5, 5.41) is 5.47. The summed E-state index contributed by atoms with van der Waals surface area (Å²) in [6.07, 6.45) is 2.71. The maximum atomic E-state index is 14.0. The van der Waals surface area contributed by atoms with E-state index in [1.165, 1.54) is 28.7 Å². The third-order valence-electron chi connectivity index (χ3n) is 4.58. The predicted molar refractivity (Wildman–Crippen MR) is 115 cm³/mol. The van der Waals surface area contributed by atoms with Gasteiger partial charge in [0.2, 0.25) is 5.91 Å². The van der Waals surface area contributed by atoms with Crippen LogP contribution in [0.2, 0.25) is 0 Å². The fourth-order valence-corrected chi connectivity index (χ4v) is 4.95. The number of benzene rings is 2. The van der Waals surface area contributed by atoms with Crippen LogP contribution in [-0.4, -0.2) is 20.3 Å². The molecular formula is C21H15FN4OS2. The van der Waals surface area contributed by atoms with E-state index in [1.54, 1.807) is 18.2 Å². The number of carbonyl (C=O) groups is 1. The molecule has 0 saturated carbocycles. The number of fused-ring (bicyclic) bond motifs is 2. The second-order valence-corrected chi connectivity index (χ2v) is 8.39. The summed E-state index contributed by atoms with van der Waals surface area (Å²) >= 11 is 2.94. The number of nitrogens with zero attached hydrogens (tertiary/aromatic N) is 3. The van der Waals surface area contributed by atoms with Crippen molar-refractivity contribution in [3.05, 3.63) is 71.6 Å². The Morgan fingerprint density at radius 1 is 1.10 bits per heavy atom. The summed E-state index contributed by atoms with van der Waals surface area (Å²) in [5.74, 6) is -0.382. The van der Waals surface area contributed by atoms with E-state index in [0.29, 0.717) is 29.2 Å². The molecule has 144 valence electrons. The van der Waals surface area contributed by atoms with Gasteiger partial charge in [0, 0.05) is 29.3 Å². The average molecular weight is 423 g/mol. The Labute approximate surface area is 173 Å². The average Bonchev–Trinajstić information content (AvgIpc) is 3.40. The first-order valence-corrected chi connectivity index (χ1v) is 10.7. The molecule has 0 radical (unpaired) electrons. The number of halogens is 1. The lowest BCUT2D eigenvalue weighted by atomic mass is 10.1. The molecular weight excluding hydrogens is 407 g/mol. The first-order valence-electron chi connectivity index (χ1n) is 9.03. The zero-order valence-corrected chi connectivity index (χ0v) is 16.8. The van der Waals surface area contributed by atoms with E-state index >= 15 is 0 Å². The lowest BCUT2D eigenvalue weighted by Crippen LogP contribution is -2.12. The molecule has 5 aromatic rings. The molecule has 0 bridgehead atoms. The van der Waals surface area contributed by atoms with Crippen LogP contribution in [0.5, 0.6) is 0 Å². The van der Waals surface area contributed by atoms with Crippen LogP contribution in [0.1, 0.15) is 12.1 Å². The van der Waals surface area contributed by atoms with Crippen molar-refractivity contribution < 1.29 is 9.18 Å². The number of imidazole rings is 1. The van der Waals surface area contributed by atoms with Crippen molar-refractivity contribution in [3.63, 3.8) is 0 Å². The molecule has 0 atom stereocenters. The van der Waals surface area contributed by atoms with Crippen LogP contribution in [0, 0.1) is 5.82 Å². The molecule has 3 heterocycles. The zero-order chi connectivity index (χ0) is 19.8. The minimum absolute atomic E-state index is 0.0853. The third-order valence-corrected chi connectivity index (χ3v) is 6.42. The molecule has 0 saturated heterocycles. The van der Waals surface area contributed by atoms with Gasteiger partial charge < -0.3 is 5.32 Å². The van der Waals surface area contributed by atoms with Crippen molar-refractivity contribution in [2.24, 2.45) is 0 Å². The van der Waals surface area contributed by atoms with Gasteiger partial charge in [-0.25, -0.2) is 14.4 Å². The molecule has 1 amide bonds. The Bertz CT molecular complexity index is 1300. The number of rotatable bonds is 5. The number of hydrogen-bond acceptors (Lipinski definition) is 5. The molecule has 0 unspecified atom stereocenters. The number of carbonyl (C=O) groups excluding carboxylic acids is 1. The highest BCUT2D eigenvalue weighted by molar-refractivity contribution is 7.22. The molecule has 0 aliphatic carbocycles. The number of anilines is 1. The van der Waals surface area contributed by atoms with Gasteiger partial charge in [0.05, 0.1) is 15.9 Å².